The molecule has 0 bridgehead atoms. The van der Waals surface area contributed by atoms with Crippen molar-refractivity contribution in [2.45, 2.75) is 83.8 Å². The van der Waals surface area contributed by atoms with E-state index in [1.807, 2.05) is 0 Å². The molecule has 2 aromatic rings. The molecule has 0 radical (unpaired) electrons. The Bertz CT molecular complexity index is 1070. The largest absolute Gasteiger partial charge is 0.491 e. The molecule has 0 saturated carbocycles. The molecule has 2 saturated heterocycles. The minimum Gasteiger partial charge on any atom is -0.491 e. The lowest BCUT2D eigenvalue weighted by molar-refractivity contribution is 0.244. The molecule has 2 heterocycles. The van der Waals surface area contributed by atoms with Gasteiger partial charge < -0.3 is 18.9 Å². The van der Waals surface area contributed by atoms with E-state index in [1.54, 1.807) is 0 Å². The Balaban J connectivity index is 1.34. The summed E-state index contributed by atoms with van der Waals surface area (Å²) in [5.41, 5.74) is 5.63. The molecule has 1 aliphatic carbocycles. The number of epoxide rings is 2. The molecule has 4 nitrogen and oxygen atoms in total. The summed E-state index contributed by atoms with van der Waals surface area (Å²) in [4.78, 5) is 0. The zero-order chi connectivity index (χ0) is 25.3. The van der Waals surface area contributed by atoms with Crippen molar-refractivity contribution in [3.8, 4) is 11.5 Å². The van der Waals surface area contributed by atoms with Crippen molar-refractivity contribution in [3.63, 3.8) is 0 Å². The SMILES string of the molecule is CC(C)(C)CC(C)(C)c1cccc(C2=CCC(c3ccc(OCC4CO4)cc3)CC2)c1OCC1CO1. The first kappa shape index (κ1) is 25.4. The van der Waals surface area contributed by atoms with Gasteiger partial charge in [-0.25, -0.2) is 0 Å². The minimum atomic E-state index is 0.0151. The lowest BCUT2D eigenvalue weighted by atomic mass is 9.71. The van der Waals surface area contributed by atoms with Crippen LogP contribution in [0.25, 0.3) is 5.57 Å². The molecule has 2 aliphatic heterocycles. The predicted molar refractivity (Wildman–Crippen MR) is 145 cm³/mol. The molecular weight excluding hydrogens is 448 g/mol. The van der Waals surface area contributed by atoms with Gasteiger partial charge >= 0.3 is 0 Å². The first-order valence-electron chi connectivity index (χ1n) is 13.6. The van der Waals surface area contributed by atoms with Crippen molar-refractivity contribution in [1.29, 1.82) is 0 Å². The maximum absolute atomic E-state index is 6.53. The summed E-state index contributed by atoms with van der Waals surface area (Å²) in [5, 5.41) is 0. The van der Waals surface area contributed by atoms with Crippen LogP contribution in [0.2, 0.25) is 0 Å². The summed E-state index contributed by atoms with van der Waals surface area (Å²) >= 11 is 0. The molecule has 3 atom stereocenters. The Morgan fingerprint density at radius 3 is 2.11 bits per heavy atom. The lowest BCUT2D eigenvalue weighted by Crippen LogP contribution is -2.26. The van der Waals surface area contributed by atoms with Crippen LogP contribution >= 0.6 is 0 Å². The van der Waals surface area contributed by atoms with E-state index in [-0.39, 0.29) is 23.0 Å². The lowest BCUT2D eigenvalue weighted by Gasteiger charge is -2.35. The predicted octanol–water partition coefficient (Wildman–Crippen LogP) is 7.31. The second-order valence-electron chi connectivity index (χ2n) is 12.6. The molecule has 4 heteroatoms. The second kappa shape index (κ2) is 10.2. The highest BCUT2D eigenvalue weighted by Gasteiger charge is 2.33. The van der Waals surface area contributed by atoms with Gasteiger partial charge in [-0.05, 0) is 65.7 Å². The van der Waals surface area contributed by atoms with Gasteiger partial charge in [-0.15, -0.1) is 0 Å². The Kier molecular flexibility index (Phi) is 7.20. The number of allylic oxidation sites excluding steroid dienone is 2. The Labute approximate surface area is 217 Å². The fourth-order valence-electron chi connectivity index (χ4n) is 5.81. The van der Waals surface area contributed by atoms with Crippen molar-refractivity contribution in [1.82, 2.24) is 0 Å². The first-order chi connectivity index (χ1) is 17.2. The summed E-state index contributed by atoms with van der Waals surface area (Å²) in [6, 6.07) is 15.4. The van der Waals surface area contributed by atoms with Crippen LogP contribution in [0.15, 0.2) is 48.5 Å². The maximum atomic E-state index is 6.53. The van der Waals surface area contributed by atoms with Gasteiger partial charge in [-0.3, -0.25) is 0 Å². The van der Waals surface area contributed by atoms with E-state index in [1.165, 1.54) is 22.3 Å². The van der Waals surface area contributed by atoms with Gasteiger partial charge in [0.1, 0.15) is 36.9 Å². The minimum absolute atomic E-state index is 0.0151. The third-order valence-corrected chi connectivity index (χ3v) is 7.48. The Hall–Kier alpha value is -2.30. The van der Waals surface area contributed by atoms with Crippen molar-refractivity contribution >= 4 is 5.57 Å². The van der Waals surface area contributed by atoms with Crippen LogP contribution in [0.5, 0.6) is 11.5 Å². The highest BCUT2D eigenvalue weighted by atomic mass is 16.6. The fourth-order valence-corrected chi connectivity index (χ4v) is 5.81. The highest BCUT2D eigenvalue weighted by molar-refractivity contribution is 5.73. The molecule has 3 aliphatic rings. The van der Waals surface area contributed by atoms with E-state index in [9.17, 15) is 0 Å². The summed E-state index contributed by atoms with van der Waals surface area (Å²) < 4.78 is 23.0. The summed E-state index contributed by atoms with van der Waals surface area (Å²) in [6.45, 7) is 14.6. The second-order valence-corrected chi connectivity index (χ2v) is 12.6. The summed E-state index contributed by atoms with van der Waals surface area (Å²) in [7, 11) is 0. The summed E-state index contributed by atoms with van der Waals surface area (Å²) in [5.74, 6) is 2.53. The topological polar surface area (TPSA) is 43.5 Å². The Morgan fingerprint density at radius 1 is 0.861 bits per heavy atom. The average molecular weight is 491 g/mol. The third kappa shape index (κ3) is 6.52. The van der Waals surface area contributed by atoms with E-state index in [0.29, 0.717) is 19.1 Å². The van der Waals surface area contributed by atoms with E-state index in [2.05, 4.69) is 83.2 Å². The van der Waals surface area contributed by atoms with Crippen molar-refractivity contribution < 1.29 is 18.9 Å². The molecule has 36 heavy (non-hydrogen) atoms. The molecule has 194 valence electrons. The molecule has 0 spiro atoms. The summed E-state index contributed by atoms with van der Waals surface area (Å²) in [6.07, 6.45) is 7.31. The number of para-hydroxylation sites is 1. The zero-order valence-corrected chi connectivity index (χ0v) is 22.6. The van der Waals surface area contributed by atoms with E-state index in [0.717, 1.165) is 50.4 Å². The smallest absolute Gasteiger partial charge is 0.130 e. The van der Waals surface area contributed by atoms with Crippen molar-refractivity contribution in [2.75, 3.05) is 26.4 Å². The zero-order valence-electron chi connectivity index (χ0n) is 22.6. The number of benzene rings is 2. The van der Waals surface area contributed by atoms with E-state index in [4.69, 9.17) is 18.9 Å². The van der Waals surface area contributed by atoms with Crippen molar-refractivity contribution in [3.05, 3.63) is 65.2 Å². The molecule has 0 aromatic heterocycles. The molecule has 0 N–H and O–H groups in total. The maximum Gasteiger partial charge on any atom is 0.130 e. The normalized spacial score (nSPS) is 23.7. The van der Waals surface area contributed by atoms with Gasteiger partial charge in [0.15, 0.2) is 0 Å². The third-order valence-electron chi connectivity index (χ3n) is 7.48. The van der Waals surface area contributed by atoms with Crippen LogP contribution in [0.4, 0.5) is 0 Å². The van der Waals surface area contributed by atoms with Gasteiger partial charge in [0.05, 0.1) is 13.2 Å². The van der Waals surface area contributed by atoms with Gasteiger partial charge in [0.25, 0.3) is 0 Å². The standard InChI is InChI=1S/C32H42O4/c1-31(2,3)21-32(4,5)29-8-6-7-28(30(29)36-20-27-19-35-27)24-11-9-22(10-12-24)23-13-15-25(16-14-23)33-17-26-18-34-26/h6-8,11,13-16,22,26-27H,9-10,12,17-21H2,1-5H3. The number of hydrogen-bond donors (Lipinski definition) is 0. The average Bonchev–Trinajstić information content (AvgIpc) is 3.75. The molecule has 2 fully saturated rings. The van der Waals surface area contributed by atoms with E-state index < -0.39 is 0 Å². The van der Waals surface area contributed by atoms with Gasteiger partial charge in [0.2, 0.25) is 0 Å². The van der Waals surface area contributed by atoms with Crippen LogP contribution in [-0.4, -0.2) is 38.6 Å². The first-order valence-corrected chi connectivity index (χ1v) is 13.6. The monoisotopic (exact) mass is 490 g/mol. The molecule has 2 aromatic carbocycles. The van der Waals surface area contributed by atoms with Crippen LogP contribution in [-0.2, 0) is 14.9 Å². The number of ether oxygens (including phenoxy) is 4. The van der Waals surface area contributed by atoms with Gasteiger partial charge in [-0.2, -0.15) is 0 Å². The molecule has 3 unspecified atom stereocenters. The molecule has 5 rings (SSSR count). The fraction of sp³-hybridized carbons (Fsp3) is 0.562. The molecular formula is C32H42O4. The quantitative estimate of drug-likeness (QED) is 0.328. The van der Waals surface area contributed by atoms with E-state index >= 15 is 0 Å². The molecule has 0 amide bonds. The number of rotatable bonds is 10. The van der Waals surface area contributed by atoms with Gasteiger partial charge in [-0.1, -0.05) is 71.0 Å². The number of hydrogen-bond acceptors (Lipinski definition) is 4. The van der Waals surface area contributed by atoms with Gasteiger partial charge in [0, 0.05) is 11.1 Å². The van der Waals surface area contributed by atoms with Crippen LogP contribution in [0.3, 0.4) is 0 Å². The van der Waals surface area contributed by atoms with Crippen LogP contribution in [0.1, 0.15) is 82.9 Å². The van der Waals surface area contributed by atoms with Crippen LogP contribution < -0.4 is 9.47 Å². The van der Waals surface area contributed by atoms with Crippen molar-refractivity contribution in [2.24, 2.45) is 5.41 Å². The highest BCUT2D eigenvalue weighted by Crippen LogP contribution is 2.45. The van der Waals surface area contributed by atoms with Crippen LogP contribution in [0, 0.1) is 5.41 Å². The Morgan fingerprint density at radius 2 is 1.53 bits per heavy atom.